The van der Waals surface area contributed by atoms with Crippen LogP contribution in [0.15, 0.2) is 34.7 Å². The summed E-state index contributed by atoms with van der Waals surface area (Å²) in [6.45, 7) is 6.50. The summed E-state index contributed by atoms with van der Waals surface area (Å²) < 4.78 is 11.5. The Morgan fingerprint density at radius 3 is 2.58 bits per heavy atom. The second-order valence-electron chi connectivity index (χ2n) is 11.6. The van der Waals surface area contributed by atoms with Gasteiger partial charge >= 0.3 is 12.1 Å². The lowest BCUT2D eigenvalue weighted by Crippen LogP contribution is -2.45. The zero-order valence-corrected chi connectivity index (χ0v) is 21.0. The lowest BCUT2D eigenvalue weighted by molar-refractivity contribution is -0.153. The molecule has 10 nitrogen and oxygen atoms in total. The highest BCUT2D eigenvalue weighted by molar-refractivity contribution is 5.77. The third-order valence-electron chi connectivity index (χ3n) is 7.82. The van der Waals surface area contributed by atoms with Crippen molar-refractivity contribution in [2.24, 2.45) is 5.41 Å². The molecule has 1 aromatic heterocycles. The molecule has 2 saturated carbocycles. The Kier molecular flexibility index (Phi) is 5.47. The summed E-state index contributed by atoms with van der Waals surface area (Å²) in [5.41, 5.74) is 0.559. The van der Waals surface area contributed by atoms with E-state index in [1.807, 2.05) is 56.0 Å². The third-order valence-corrected chi connectivity index (χ3v) is 7.82. The van der Waals surface area contributed by atoms with E-state index in [-0.39, 0.29) is 35.5 Å². The molecular weight excluding hydrogens is 462 g/mol. The Balaban J connectivity index is 1.09. The van der Waals surface area contributed by atoms with Gasteiger partial charge in [-0.2, -0.15) is 5.06 Å². The molecule has 6 rings (SSSR count). The lowest BCUT2D eigenvalue weighted by atomic mass is 9.80. The second kappa shape index (κ2) is 8.47. The summed E-state index contributed by atoms with van der Waals surface area (Å²) in [7, 11) is 0. The first-order valence-corrected chi connectivity index (χ1v) is 12.8. The van der Waals surface area contributed by atoms with Crippen LogP contribution in [0.1, 0.15) is 82.2 Å². The van der Waals surface area contributed by atoms with Gasteiger partial charge in [-0.3, -0.25) is 4.84 Å². The number of rotatable bonds is 6. The molecule has 2 aliphatic carbocycles. The Bertz CT molecular complexity index is 1140. The van der Waals surface area contributed by atoms with Gasteiger partial charge in [-0.15, -0.1) is 10.2 Å². The number of nitrogens with one attached hydrogen (secondary N) is 1. The van der Waals surface area contributed by atoms with Gasteiger partial charge in [0.1, 0.15) is 18.2 Å². The zero-order chi connectivity index (χ0) is 25.1. The molecule has 10 heteroatoms. The minimum atomic E-state index is -0.526. The summed E-state index contributed by atoms with van der Waals surface area (Å²) >= 11 is 0. The highest BCUT2D eigenvalue weighted by atomic mass is 16.7. The second-order valence-corrected chi connectivity index (χ2v) is 11.6. The molecule has 1 aromatic carbocycles. The number of piperidine rings is 1. The van der Waals surface area contributed by atoms with Crippen LogP contribution in [-0.4, -0.2) is 56.5 Å². The minimum Gasteiger partial charge on any atom is -0.444 e. The van der Waals surface area contributed by atoms with Crippen LogP contribution in [-0.2, 0) is 16.2 Å². The quantitative estimate of drug-likeness (QED) is 0.636. The number of hydrogen-bond acceptors (Lipinski definition) is 7. The number of carbonyl (C=O) groups is 2. The topological polar surface area (TPSA) is 110 Å². The number of aromatic nitrogens is 2. The van der Waals surface area contributed by atoms with Gasteiger partial charge in [-0.1, -0.05) is 30.3 Å². The van der Waals surface area contributed by atoms with Gasteiger partial charge in [0.05, 0.1) is 6.04 Å². The van der Waals surface area contributed by atoms with Crippen LogP contribution in [0.3, 0.4) is 0 Å². The summed E-state index contributed by atoms with van der Waals surface area (Å²) in [4.78, 5) is 33.2. The van der Waals surface area contributed by atoms with Crippen LogP contribution in [0.25, 0.3) is 0 Å². The van der Waals surface area contributed by atoms with Crippen LogP contribution in [0.5, 0.6) is 0 Å². The van der Waals surface area contributed by atoms with Crippen LogP contribution >= 0.6 is 0 Å². The fraction of sp³-hybridized carbons (Fsp3) is 0.615. The van der Waals surface area contributed by atoms with E-state index in [1.165, 1.54) is 0 Å². The van der Waals surface area contributed by atoms with E-state index in [0.29, 0.717) is 24.9 Å². The van der Waals surface area contributed by atoms with Crippen LogP contribution in [0.4, 0.5) is 9.59 Å². The molecule has 2 saturated heterocycles. The Morgan fingerprint density at radius 2 is 1.89 bits per heavy atom. The predicted octanol–water partition coefficient (Wildman–Crippen LogP) is 4.30. The van der Waals surface area contributed by atoms with Gasteiger partial charge in [0.15, 0.2) is 0 Å². The standard InChI is InChI=1S/C26H33N5O5/c1-25(2,3)36-23(32)27-18-11-17(12-18)21-28-29-22(35-21)19-13-26(9-10-26)20-14-30(19)24(33)31(20)34-15-16-7-5-4-6-8-16/h4-8,17-20H,9-15H2,1-3H3,(H,27,32)/t17-,18-,19?,20-/m1/s1. The van der Waals surface area contributed by atoms with Crippen LogP contribution < -0.4 is 5.32 Å². The summed E-state index contributed by atoms with van der Waals surface area (Å²) in [6.07, 6.45) is 3.99. The van der Waals surface area contributed by atoms with Crippen molar-refractivity contribution in [3.8, 4) is 0 Å². The Labute approximate surface area is 210 Å². The maximum atomic E-state index is 13.3. The highest BCUT2D eigenvalue weighted by Crippen LogP contribution is 2.61. The third kappa shape index (κ3) is 4.31. The first kappa shape index (κ1) is 23.3. The average molecular weight is 496 g/mol. The molecule has 2 bridgehead atoms. The van der Waals surface area contributed by atoms with E-state index in [1.54, 1.807) is 5.06 Å². The number of hydrogen-bond donors (Lipinski definition) is 1. The van der Waals surface area contributed by atoms with Crippen LogP contribution in [0, 0.1) is 5.41 Å². The first-order valence-electron chi connectivity index (χ1n) is 12.8. The van der Waals surface area contributed by atoms with Gasteiger partial charge in [0.25, 0.3) is 0 Å². The van der Waals surface area contributed by atoms with E-state index in [4.69, 9.17) is 14.0 Å². The molecule has 1 spiro atoms. The van der Waals surface area contributed by atoms with Gasteiger partial charge in [0.2, 0.25) is 11.8 Å². The molecule has 192 valence electrons. The summed E-state index contributed by atoms with van der Waals surface area (Å²) in [5.74, 6) is 1.16. The fourth-order valence-corrected chi connectivity index (χ4v) is 5.67. The molecule has 2 aromatic rings. The fourth-order valence-electron chi connectivity index (χ4n) is 5.67. The Hall–Kier alpha value is -3.14. The number of nitrogens with zero attached hydrogens (tertiary/aromatic N) is 4. The molecule has 4 fully saturated rings. The Morgan fingerprint density at radius 1 is 1.17 bits per heavy atom. The SMILES string of the molecule is CC(C)(C)OC(=O)N[C@H]1C[C@H](c2nnc(C3CC4(CC4)[C@H]4CN3C(=O)N4OCc3ccccc3)o2)C1. The van der Waals surface area contributed by atoms with E-state index in [9.17, 15) is 9.59 Å². The molecule has 3 heterocycles. The summed E-state index contributed by atoms with van der Waals surface area (Å²) in [6, 6.07) is 9.61. The maximum Gasteiger partial charge on any atom is 0.407 e. The number of amides is 3. The van der Waals surface area contributed by atoms with Crippen molar-refractivity contribution in [2.75, 3.05) is 6.54 Å². The molecule has 2 aliphatic heterocycles. The normalized spacial score (nSPS) is 28.2. The highest BCUT2D eigenvalue weighted by Gasteiger charge is 2.64. The van der Waals surface area contributed by atoms with Crippen molar-refractivity contribution in [2.45, 2.75) is 89.1 Å². The molecule has 36 heavy (non-hydrogen) atoms. The predicted molar refractivity (Wildman–Crippen MR) is 127 cm³/mol. The zero-order valence-electron chi connectivity index (χ0n) is 21.0. The van der Waals surface area contributed by atoms with Crippen molar-refractivity contribution in [1.29, 1.82) is 0 Å². The van der Waals surface area contributed by atoms with E-state index in [0.717, 1.165) is 37.7 Å². The molecule has 1 N–H and O–H groups in total. The van der Waals surface area contributed by atoms with Crippen molar-refractivity contribution in [3.05, 3.63) is 47.7 Å². The molecule has 3 amide bonds. The van der Waals surface area contributed by atoms with Gasteiger partial charge < -0.3 is 19.4 Å². The van der Waals surface area contributed by atoms with Crippen molar-refractivity contribution >= 4 is 12.1 Å². The summed E-state index contributed by atoms with van der Waals surface area (Å²) in [5, 5.41) is 13.2. The van der Waals surface area contributed by atoms with Crippen molar-refractivity contribution in [1.82, 2.24) is 25.5 Å². The number of ether oxygens (including phenoxy) is 1. The van der Waals surface area contributed by atoms with E-state index < -0.39 is 11.7 Å². The number of fused-ring (bicyclic) bond motifs is 3. The molecule has 1 unspecified atom stereocenters. The molecule has 4 aliphatic rings. The lowest BCUT2D eigenvalue weighted by Gasteiger charge is -2.35. The number of carbonyl (C=O) groups excluding carboxylic acids is 2. The smallest absolute Gasteiger partial charge is 0.407 e. The minimum absolute atomic E-state index is 0.0286. The van der Waals surface area contributed by atoms with E-state index in [2.05, 4.69) is 15.5 Å². The van der Waals surface area contributed by atoms with E-state index >= 15 is 0 Å². The van der Waals surface area contributed by atoms with Gasteiger partial charge in [-0.05, 0) is 63.9 Å². The maximum absolute atomic E-state index is 13.3. The monoisotopic (exact) mass is 495 g/mol. The van der Waals surface area contributed by atoms with Crippen molar-refractivity contribution in [3.63, 3.8) is 0 Å². The number of hydroxylamine groups is 2. The number of benzene rings is 1. The molecular formula is C26H33N5O5. The van der Waals surface area contributed by atoms with Gasteiger partial charge in [-0.25, -0.2) is 9.59 Å². The molecule has 0 radical (unpaired) electrons. The van der Waals surface area contributed by atoms with Crippen molar-refractivity contribution < 1.29 is 23.6 Å². The van der Waals surface area contributed by atoms with Crippen LogP contribution in [0.2, 0.25) is 0 Å². The number of alkyl carbamates (subject to hydrolysis) is 1. The first-order chi connectivity index (χ1) is 17.2. The largest absolute Gasteiger partial charge is 0.444 e. The number of urea groups is 1. The van der Waals surface area contributed by atoms with Gasteiger partial charge in [0, 0.05) is 18.5 Å². The average Bonchev–Trinajstić information content (AvgIpc) is 3.28. The molecule has 2 atom stereocenters.